The molecule has 24 heavy (non-hydrogen) atoms. The van der Waals surface area contributed by atoms with Crippen LogP contribution in [0.3, 0.4) is 0 Å². The van der Waals surface area contributed by atoms with Gasteiger partial charge in [0.15, 0.2) is 11.5 Å². The van der Waals surface area contributed by atoms with Crippen molar-refractivity contribution in [1.82, 2.24) is 0 Å². The van der Waals surface area contributed by atoms with Crippen molar-refractivity contribution in [3.63, 3.8) is 0 Å². The molecule has 0 aliphatic heterocycles. The number of hydrogen-bond donors (Lipinski definition) is 0. The van der Waals surface area contributed by atoms with Crippen LogP contribution in [0.2, 0.25) is 0 Å². The lowest BCUT2D eigenvalue weighted by Crippen LogP contribution is -2.03. The Morgan fingerprint density at radius 1 is 1.00 bits per heavy atom. The zero-order chi connectivity index (χ0) is 17.4. The maximum atomic E-state index is 12.8. The van der Waals surface area contributed by atoms with Crippen LogP contribution < -0.4 is 14.2 Å². The van der Waals surface area contributed by atoms with Crippen molar-refractivity contribution in [1.29, 1.82) is 0 Å². The number of rotatable bonds is 7. The lowest BCUT2D eigenvalue weighted by atomic mass is 10.2. The third-order valence-corrected chi connectivity index (χ3v) is 3.01. The lowest BCUT2D eigenvalue weighted by Gasteiger charge is -2.11. The molecule has 4 nitrogen and oxygen atoms in total. The summed E-state index contributed by atoms with van der Waals surface area (Å²) < 4.78 is 28.9. The largest absolute Gasteiger partial charge is 0.490 e. The van der Waals surface area contributed by atoms with Gasteiger partial charge in [-0.1, -0.05) is 6.07 Å². The minimum Gasteiger partial charge on any atom is -0.490 e. The average molecular weight is 330 g/mol. The molecule has 0 heterocycles. The maximum absolute atomic E-state index is 12.8. The van der Waals surface area contributed by atoms with E-state index in [0.29, 0.717) is 24.7 Å². The smallest absolute Gasteiger partial charge is 0.336 e. The molecule has 0 radical (unpaired) electrons. The molecule has 2 aromatic carbocycles. The fourth-order valence-electron chi connectivity index (χ4n) is 1.99. The van der Waals surface area contributed by atoms with Gasteiger partial charge in [0.2, 0.25) is 0 Å². The van der Waals surface area contributed by atoms with Crippen molar-refractivity contribution >= 4 is 12.0 Å². The summed E-state index contributed by atoms with van der Waals surface area (Å²) in [6.45, 7) is 4.84. The zero-order valence-electron chi connectivity index (χ0n) is 13.6. The Morgan fingerprint density at radius 3 is 2.33 bits per heavy atom. The fourth-order valence-corrected chi connectivity index (χ4v) is 1.99. The maximum Gasteiger partial charge on any atom is 0.336 e. The van der Waals surface area contributed by atoms with Gasteiger partial charge in [-0.15, -0.1) is 0 Å². The number of halogens is 1. The Morgan fingerprint density at radius 2 is 1.67 bits per heavy atom. The summed E-state index contributed by atoms with van der Waals surface area (Å²) in [6.07, 6.45) is 2.92. The van der Waals surface area contributed by atoms with Crippen molar-refractivity contribution in [2.45, 2.75) is 13.8 Å². The van der Waals surface area contributed by atoms with Gasteiger partial charge < -0.3 is 14.2 Å². The van der Waals surface area contributed by atoms with Crippen LogP contribution in [0.25, 0.3) is 6.08 Å². The molecule has 2 aromatic rings. The van der Waals surface area contributed by atoms with E-state index in [4.69, 9.17) is 14.2 Å². The number of hydrogen-bond acceptors (Lipinski definition) is 4. The van der Waals surface area contributed by atoms with Crippen LogP contribution >= 0.6 is 0 Å². The second kappa shape index (κ2) is 8.72. The second-order valence-electron chi connectivity index (χ2n) is 4.78. The molecule has 0 atom stereocenters. The summed E-state index contributed by atoms with van der Waals surface area (Å²) in [5.41, 5.74) is 0.776. The van der Waals surface area contributed by atoms with Gasteiger partial charge >= 0.3 is 5.97 Å². The van der Waals surface area contributed by atoms with E-state index in [1.54, 1.807) is 18.2 Å². The summed E-state index contributed by atoms with van der Waals surface area (Å²) in [4.78, 5) is 11.8. The topological polar surface area (TPSA) is 44.8 Å². The second-order valence-corrected chi connectivity index (χ2v) is 4.78. The SMILES string of the molecule is CCOc1ccc(/C=C/C(=O)Oc2ccc(F)cc2)cc1OCC. The summed E-state index contributed by atoms with van der Waals surface area (Å²) in [5, 5.41) is 0. The minimum atomic E-state index is -0.548. The van der Waals surface area contributed by atoms with Gasteiger partial charge in [0.1, 0.15) is 11.6 Å². The van der Waals surface area contributed by atoms with Crippen molar-refractivity contribution in [3.05, 3.63) is 59.9 Å². The highest BCUT2D eigenvalue weighted by atomic mass is 19.1. The van der Waals surface area contributed by atoms with E-state index in [1.165, 1.54) is 30.3 Å². The van der Waals surface area contributed by atoms with E-state index in [1.807, 2.05) is 19.9 Å². The quantitative estimate of drug-likeness (QED) is 0.433. The first kappa shape index (κ1) is 17.5. The molecular formula is C19H19FO4. The van der Waals surface area contributed by atoms with Crippen LogP contribution in [-0.2, 0) is 4.79 Å². The van der Waals surface area contributed by atoms with E-state index in [0.717, 1.165) is 5.56 Å². The number of esters is 1. The number of carbonyl (C=O) groups is 1. The molecule has 0 N–H and O–H groups in total. The Hall–Kier alpha value is -2.82. The third-order valence-electron chi connectivity index (χ3n) is 3.01. The molecule has 0 saturated heterocycles. The van der Waals surface area contributed by atoms with Gasteiger partial charge in [-0.25, -0.2) is 9.18 Å². The molecule has 0 spiro atoms. The summed E-state index contributed by atoms with van der Waals surface area (Å²) in [7, 11) is 0. The molecule has 0 aromatic heterocycles. The van der Waals surface area contributed by atoms with Gasteiger partial charge in [0, 0.05) is 6.08 Å². The highest BCUT2D eigenvalue weighted by Crippen LogP contribution is 2.29. The lowest BCUT2D eigenvalue weighted by molar-refractivity contribution is -0.128. The normalized spacial score (nSPS) is 10.6. The predicted octanol–water partition coefficient (Wildman–Crippen LogP) is 4.24. The Kier molecular flexibility index (Phi) is 6.37. The average Bonchev–Trinajstić information content (AvgIpc) is 2.57. The molecular weight excluding hydrogens is 311 g/mol. The summed E-state index contributed by atoms with van der Waals surface area (Å²) >= 11 is 0. The number of benzene rings is 2. The van der Waals surface area contributed by atoms with Gasteiger partial charge in [-0.2, -0.15) is 0 Å². The Balaban J connectivity index is 2.05. The molecule has 0 saturated carbocycles. The molecule has 0 unspecified atom stereocenters. The molecule has 0 aliphatic rings. The van der Waals surface area contributed by atoms with Crippen molar-refractivity contribution in [3.8, 4) is 17.2 Å². The van der Waals surface area contributed by atoms with Crippen LogP contribution in [-0.4, -0.2) is 19.2 Å². The summed E-state index contributed by atoms with van der Waals surface area (Å²) in [5.74, 6) is 0.628. The van der Waals surface area contributed by atoms with Gasteiger partial charge in [-0.05, 0) is 61.9 Å². The van der Waals surface area contributed by atoms with Crippen LogP contribution in [0.5, 0.6) is 17.2 Å². The monoisotopic (exact) mass is 330 g/mol. The van der Waals surface area contributed by atoms with Gasteiger partial charge in [0.25, 0.3) is 0 Å². The first-order chi connectivity index (χ1) is 11.6. The number of ether oxygens (including phenoxy) is 3. The fraction of sp³-hybridized carbons (Fsp3) is 0.211. The van der Waals surface area contributed by atoms with Crippen molar-refractivity contribution in [2.75, 3.05) is 13.2 Å². The molecule has 126 valence electrons. The molecule has 5 heteroatoms. The number of carbonyl (C=O) groups excluding carboxylic acids is 1. The standard InChI is InChI=1S/C19H19FO4/c1-3-22-17-11-5-14(13-18(17)23-4-2)6-12-19(21)24-16-9-7-15(20)8-10-16/h5-13H,3-4H2,1-2H3/b12-6+. The highest BCUT2D eigenvalue weighted by molar-refractivity contribution is 5.88. The third kappa shape index (κ3) is 5.12. The van der Waals surface area contributed by atoms with E-state index < -0.39 is 5.97 Å². The molecule has 2 rings (SSSR count). The van der Waals surface area contributed by atoms with E-state index in [2.05, 4.69) is 0 Å². The first-order valence-electron chi connectivity index (χ1n) is 7.67. The minimum absolute atomic E-state index is 0.285. The zero-order valence-corrected chi connectivity index (χ0v) is 13.6. The molecule has 0 amide bonds. The Bertz CT molecular complexity index is 708. The van der Waals surface area contributed by atoms with E-state index in [-0.39, 0.29) is 11.6 Å². The van der Waals surface area contributed by atoms with Gasteiger partial charge in [-0.3, -0.25) is 0 Å². The van der Waals surface area contributed by atoms with Crippen LogP contribution in [0.1, 0.15) is 19.4 Å². The first-order valence-corrected chi connectivity index (χ1v) is 7.67. The van der Waals surface area contributed by atoms with Crippen LogP contribution in [0.15, 0.2) is 48.5 Å². The Labute approximate surface area is 140 Å². The van der Waals surface area contributed by atoms with Crippen LogP contribution in [0.4, 0.5) is 4.39 Å². The highest BCUT2D eigenvalue weighted by Gasteiger charge is 2.06. The van der Waals surface area contributed by atoms with Gasteiger partial charge in [0.05, 0.1) is 13.2 Å². The summed E-state index contributed by atoms with van der Waals surface area (Å²) in [6, 6.07) is 10.6. The predicted molar refractivity (Wildman–Crippen MR) is 89.8 cm³/mol. The van der Waals surface area contributed by atoms with E-state index >= 15 is 0 Å². The molecule has 0 fully saturated rings. The van der Waals surface area contributed by atoms with Crippen molar-refractivity contribution < 1.29 is 23.4 Å². The van der Waals surface area contributed by atoms with Crippen LogP contribution in [0, 0.1) is 5.82 Å². The molecule has 0 aliphatic carbocycles. The van der Waals surface area contributed by atoms with Crippen molar-refractivity contribution in [2.24, 2.45) is 0 Å². The van der Waals surface area contributed by atoms with E-state index in [9.17, 15) is 9.18 Å². The molecule has 0 bridgehead atoms.